The Balaban J connectivity index is 2.03. The highest BCUT2D eigenvalue weighted by Crippen LogP contribution is 2.24. The SMILES string of the molecule is Cc1nn(Cc2cc(C)n(C(C)C)n2)c2cccc(N)c12. The zero-order valence-corrected chi connectivity index (χ0v) is 13.0. The van der Waals surface area contributed by atoms with Crippen LogP contribution in [0.25, 0.3) is 10.9 Å². The van der Waals surface area contributed by atoms with Crippen molar-refractivity contribution in [3.05, 3.63) is 41.3 Å². The summed E-state index contributed by atoms with van der Waals surface area (Å²) < 4.78 is 4.02. The van der Waals surface area contributed by atoms with Crippen LogP contribution in [-0.2, 0) is 6.54 Å². The summed E-state index contributed by atoms with van der Waals surface area (Å²) >= 11 is 0. The van der Waals surface area contributed by atoms with Gasteiger partial charge in [0.25, 0.3) is 0 Å². The molecule has 5 heteroatoms. The quantitative estimate of drug-likeness (QED) is 0.751. The summed E-state index contributed by atoms with van der Waals surface area (Å²) in [6, 6.07) is 8.42. The predicted octanol–water partition coefficient (Wildman–Crippen LogP) is 3.06. The van der Waals surface area contributed by atoms with Gasteiger partial charge < -0.3 is 5.73 Å². The van der Waals surface area contributed by atoms with Crippen LogP contribution in [0.5, 0.6) is 0 Å². The van der Waals surface area contributed by atoms with Gasteiger partial charge in [0.2, 0.25) is 0 Å². The Morgan fingerprint density at radius 1 is 1.19 bits per heavy atom. The number of aryl methyl sites for hydroxylation is 2. The van der Waals surface area contributed by atoms with Crippen LogP contribution in [0.4, 0.5) is 5.69 Å². The molecule has 0 atom stereocenters. The minimum atomic E-state index is 0.366. The van der Waals surface area contributed by atoms with Crippen molar-refractivity contribution in [2.75, 3.05) is 5.73 Å². The number of rotatable bonds is 3. The standard InChI is InChI=1S/C16H21N5/c1-10(2)21-11(3)8-13(19-21)9-20-15-7-5-6-14(17)16(15)12(4)18-20/h5-8,10H,9,17H2,1-4H3. The van der Waals surface area contributed by atoms with Gasteiger partial charge in [0.15, 0.2) is 0 Å². The maximum atomic E-state index is 6.06. The summed E-state index contributed by atoms with van der Waals surface area (Å²) in [7, 11) is 0. The van der Waals surface area contributed by atoms with E-state index in [9.17, 15) is 0 Å². The van der Waals surface area contributed by atoms with E-state index in [2.05, 4.69) is 43.1 Å². The second-order valence-electron chi connectivity index (χ2n) is 5.80. The van der Waals surface area contributed by atoms with E-state index in [1.165, 1.54) is 5.69 Å². The van der Waals surface area contributed by atoms with Crippen molar-refractivity contribution in [3.8, 4) is 0 Å². The summed E-state index contributed by atoms with van der Waals surface area (Å²) in [5.41, 5.74) is 11.1. The molecular weight excluding hydrogens is 262 g/mol. The van der Waals surface area contributed by atoms with Crippen molar-refractivity contribution in [1.82, 2.24) is 19.6 Å². The molecular formula is C16H21N5. The van der Waals surface area contributed by atoms with Gasteiger partial charge in [0.05, 0.1) is 23.4 Å². The van der Waals surface area contributed by atoms with Crippen LogP contribution in [0, 0.1) is 13.8 Å². The van der Waals surface area contributed by atoms with Crippen LogP contribution in [0.2, 0.25) is 0 Å². The van der Waals surface area contributed by atoms with Crippen molar-refractivity contribution in [1.29, 1.82) is 0 Å². The molecule has 0 aliphatic heterocycles. The smallest absolute Gasteiger partial charge is 0.0857 e. The normalized spacial score (nSPS) is 11.7. The third kappa shape index (κ3) is 2.28. The molecule has 3 rings (SSSR count). The number of hydrogen-bond donors (Lipinski definition) is 1. The maximum Gasteiger partial charge on any atom is 0.0857 e. The molecule has 0 unspecified atom stereocenters. The van der Waals surface area contributed by atoms with Gasteiger partial charge in [-0.15, -0.1) is 0 Å². The number of nitrogens with zero attached hydrogens (tertiary/aromatic N) is 4. The molecule has 2 aromatic heterocycles. The van der Waals surface area contributed by atoms with Gasteiger partial charge in [-0.05, 0) is 45.9 Å². The first-order valence-electron chi connectivity index (χ1n) is 7.24. The predicted molar refractivity (Wildman–Crippen MR) is 85.3 cm³/mol. The van der Waals surface area contributed by atoms with E-state index in [1.807, 2.05) is 28.4 Å². The Morgan fingerprint density at radius 2 is 1.95 bits per heavy atom. The molecule has 0 amide bonds. The average Bonchev–Trinajstić information content (AvgIpc) is 2.92. The van der Waals surface area contributed by atoms with Crippen molar-refractivity contribution in [3.63, 3.8) is 0 Å². The van der Waals surface area contributed by atoms with Crippen molar-refractivity contribution in [2.45, 2.75) is 40.3 Å². The summed E-state index contributed by atoms with van der Waals surface area (Å²) in [5.74, 6) is 0. The molecule has 0 aliphatic carbocycles. The molecule has 0 saturated carbocycles. The fraction of sp³-hybridized carbons (Fsp3) is 0.375. The van der Waals surface area contributed by atoms with Crippen molar-refractivity contribution >= 4 is 16.6 Å². The topological polar surface area (TPSA) is 61.7 Å². The third-order valence-electron chi connectivity index (χ3n) is 3.76. The van der Waals surface area contributed by atoms with Gasteiger partial charge in [0, 0.05) is 22.8 Å². The maximum absolute atomic E-state index is 6.06. The van der Waals surface area contributed by atoms with Crippen LogP contribution in [0.3, 0.4) is 0 Å². The van der Waals surface area contributed by atoms with E-state index >= 15 is 0 Å². The van der Waals surface area contributed by atoms with Crippen molar-refractivity contribution in [2.24, 2.45) is 0 Å². The lowest BCUT2D eigenvalue weighted by molar-refractivity contribution is 0.510. The number of nitrogen functional groups attached to an aromatic ring is 1. The Morgan fingerprint density at radius 3 is 2.62 bits per heavy atom. The largest absolute Gasteiger partial charge is 0.398 e. The zero-order chi connectivity index (χ0) is 15.1. The second-order valence-corrected chi connectivity index (χ2v) is 5.80. The molecule has 1 aromatic carbocycles. The molecule has 5 nitrogen and oxygen atoms in total. The number of aromatic nitrogens is 4. The lowest BCUT2D eigenvalue weighted by Gasteiger charge is -2.07. The summed E-state index contributed by atoms with van der Waals surface area (Å²) in [4.78, 5) is 0. The average molecular weight is 283 g/mol. The summed E-state index contributed by atoms with van der Waals surface area (Å²) in [6.07, 6.45) is 0. The highest BCUT2D eigenvalue weighted by molar-refractivity contribution is 5.92. The molecule has 0 bridgehead atoms. The van der Waals surface area contributed by atoms with Gasteiger partial charge in [-0.25, -0.2) is 0 Å². The van der Waals surface area contributed by atoms with E-state index < -0.39 is 0 Å². The number of hydrogen-bond acceptors (Lipinski definition) is 3. The van der Waals surface area contributed by atoms with Gasteiger partial charge in [-0.3, -0.25) is 9.36 Å². The Hall–Kier alpha value is -2.30. The van der Waals surface area contributed by atoms with Gasteiger partial charge in [0.1, 0.15) is 0 Å². The van der Waals surface area contributed by atoms with Crippen LogP contribution in [-0.4, -0.2) is 19.6 Å². The van der Waals surface area contributed by atoms with Crippen LogP contribution in [0.15, 0.2) is 24.3 Å². The highest BCUT2D eigenvalue weighted by Gasteiger charge is 2.12. The van der Waals surface area contributed by atoms with Gasteiger partial charge in [-0.1, -0.05) is 6.07 Å². The Labute approximate surface area is 124 Å². The lowest BCUT2D eigenvalue weighted by atomic mass is 10.2. The zero-order valence-electron chi connectivity index (χ0n) is 13.0. The van der Waals surface area contributed by atoms with Gasteiger partial charge in [-0.2, -0.15) is 10.2 Å². The Kier molecular flexibility index (Phi) is 3.20. The molecule has 3 aromatic rings. The molecule has 0 saturated heterocycles. The fourth-order valence-corrected chi connectivity index (χ4v) is 2.88. The van der Waals surface area contributed by atoms with E-state index in [0.717, 1.165) is 28.0 Å². The lowest BCUT2D eigenvalue weighted by Crippen LogP contribution is -2.07. The van der Waals surface area contributed by atoms with Crippen LogP contribution in [0.1, 0.15) is 37.0 Å². The summed E-state index contributed by atoms with van der Waals surface area (Å²) in [6.45, 7) is 9.01. The molecule has 21 heavy (non-hydrogen) atoms. The van der Waals surface area contributed by atoms with Crippen LogP contribution < -0.4 is 5.73 Å². The van der Waals surface area contributed by atoms with E-state index in [-0.39, 0.29) is 0 Å². The highest BCUT2D eigenvalue weighted by atomic mass is 15.3. The first kappa shape index (κ1) is 13.7. The fourth-order valence-electron chi connectivity index (χ4n) is 2.88. The van der Waals surface area contributed by atoms with Crippen molar-refractivity contribution < 1.29 is 0 Å². The van der Waals surface area contributed by atoms with Gasteiger partial charge >= 0.3 is 0 Å². The molecule has 0 fully saturated rings. The van der Waals surface area contributed by atoms with E-state index in [4.69, 9.17) is 5.73 Å². The van der Waals surface area contributed by atoms with Crippen LogP contribution >= 0.6 is 0 Å². The minimum absolute atomic E-state index is 0.366. The summed E-state index contributed by atoms with van der Waals surface area (Å²) in [5, 5.41) is 10.3. The Bertz CT molecular complexity index is 794. The number of benzene rings is 1. The first-order chi connectivity index (χ1) is 9.97. The minimum Gasteiger partial charge on any atom is -0.398 e. The van der Waals surface area contributed by atoms with E-state index in [1.54, 1.807) is 0 Å². The molecule has 0 radical (unpaired) electrons. The number of fused-ring (bicyclic) bond motifs is 1. The molecule has 2 N–H and O–H groups in total. The molecule has 0 spiro atoms. The number of nitrogens with two attached hydrogens (primary N) is 1. The number of anilines is 1. The molecule has 110 valence electrons. The first-order valence-corrected chi connectivity index (χ1v) is 7.24. The third-order valence-corrected chi connectivity index (χ3v) is 3.76. The second kappa shape index (κ2) is 4.91. The van der Waals surface area contributed by atoms with E-state index in [0.29, 0.717) is 12.6 Å². The monoisotopic (exact) mass is 283 g/mol. The molecule has 2 heterocycles. The molecule has 0 aliphatic rings.